The van der Waals surface area contributed by atoms with Crippen LogP contribution in [0.4, 0.5) is 0 Å². The summed E-state index contributed by atoms with van der Waals surface area (Å²) >= 11 is 0. The largest absolute Gasteiger partial charge is 0.477 e. The quantitative estimate of drug-likeness (QED) is 0.912. The van der Waals surface area contributed by atoms with Crippen molar-refractivity contribution < 1.29 is 19.4 Å². The summed E-state index contributed by atoms with van der Waals surface area (Å²) in [5.74, 6) is -0.358. The molecule has 1 aliphatic heterocycles. The molecule has 0 amide bonds. The maximum absolute atomic E-state index is 11.4. The smallest absolute Gasteiger partial charge is 0.341 e. The second-order valence-electron chi connectivity index (χ2n) is 5.50. The number of hydrogen-bond donors (Lipinski definition) is 1. The van der Waals surface area contributed by atoms with E-state index in [4.69, 9.17) is 9.47 Å². The molecule has 2 aliphatic rings. The molecule has 5 heteroatoms. The van der Waals surface area contributed by atoms with Crippen LogP contribution in [0.15, 0.2) is 6.07 Å². The maximum Gasteiger partial charge on any atom is 0.341 e. The minimum absolute atomic E-state index is 0.185. The van der Waals surface area contributed by atoms with Gasteiger partial charge in [0.1, 0.15) is 5.56 Å². The van der Waals surface area contributed by atoms with Crippen LogP contribution < -0.4 is 4.74 Å². The zero-order valence-corrected chi connectivity index (χ0v) is 11.4. The molecule has 0 radical (unpaired) electrons. The summed E-state index contributed by atoms with van der Waals surface area (Å²) in [5.41, 5.74) is 2.24. The third kappa shape index (κ3) is 2.77. The second-order valence-corrected chi connectivity index (χ2v) is 5.50. The highest BCUT2D eigenvalue weighted by molar-refractivity contribution is 5.90. The Kier molecular flexibility index (Phi) is 3.87. The lowest BCUT2D eigenvalue weighted by Crippen LogP contribution is -2.16. The van der Waals surface area contributed by atoms with Crippen molar-refractivity contribution in [2.75, 3.05) is 19.8 Å². The molecule has 0 bridgehead atoms. The number of carboxylic acids is 1. The third-order valence-corrected chi connectivity index (χ3v) is 3.98. The number of hydrogen-bond acceptors (Lipinski definition) is 4. The topological polar surface area (TPSA) is 68.7 Å². The van der Waals surface area contributed by atoms with Gasteiger partial charge in [-0.15, -0.1) is 0 Å². The Bertz CT molecular complexity index is 509. The number of fused-ring (bicyclic) bond motifs is 1. The van der Waals surface area contributed by atoms with E-state index in [0.29, 0.717) is 19.1 Å². The fourth-order valence-corrected chi connectivity index (χ4v) is 2.79. The van der Waals surface area contributed by atoms with Crippen molar-refractivity contribution in [3.05, 3.63) is 22.9 Å². The highest BCUT2D eigenvalue weighted by atomic mass is 16.5. The monoisotopic (exact) mass is 277 g/mol. The average molecular weight is 277 g/mol. The fourth-order valence-electron chi connectivity index (χ4n) is 2.79. The predicted octanol–water partition coefficient (Wildman–Crippen LogP) is 2.07. The van der Waals surface area contributed by atoms with Crippen LogP contribution in [0.2, 0.25) is 0 Å². The predicted molar refractivity (Wildman–Crippen MR) is 72.3 cm³/mol. The van der Waals surface area contributed by atoms with Gasteiger partial charge in [0.05, 0.1) is 13.2 Å². The first-order valence-electron chi connectivity index (χ1n) is 7.20. The molecule has 0 saturated carbocycles. The minimum atomic E-state index is -0.969. The molecular weight excluding hydrogens is 258 g/mol. The van der Waals surface area contributed by atoms with Crippen molar-refractivity contribution in [2.24, 2.45) is 5.92 Å². The number of aromatic nitrogens is 1. The number of rotatable bonds is 4. The number of pyridine rings is 1. The van der Waals surface area contributed by atoms with Crippen LogP contribution in [0, 0.1) is 5.92 Å². The Morgan fingerprint density at radius 3 is 3.05 bits per heavy atom. The number of carbonyl (C=O) groups is 1. The van der Waals surface area contributed by atoms with E-state index in [-0.39, 0.29) is 11.4 Å². The molecule has 0 aromatic carbocycles. The van der Waals surface area contributed by atoms with Crippen molar-refractivity contribution >= 4 is 5.97 Å². The van der Waals surface area contributed by atoms with Crippen LogP contribution in [-0.4, -0.2) is 35.9 Å². The van der Waals surface area contributed by atoms with Crippen LogP contribution in [0.3, 0.4) is 0 Å². The SMILES string of the molecule is O=C(O)c1cc2c(nc1OCC1CCOC1)CCCC2. The molecule has 1 aromatic heterocycles. The molecule has 1 atom stereocenters. The van der Waals surface area contributed by atoms with Gasteiger partial charge in [0, 0.05) is 18.2 Å². The molecule has 2 heterocycles. The third-order valence-electron chi connectivity index (χ3n) is 3.98. The molecule has 108 valence electrons. The van der Waals surface area contributed by atoms with Gasteiger partial charge in [0.2, 0.25) is 5.88 Å². The molecule has 1 fully saturated rings. The molecule has 1 aromatic rings. The first kappa shape index (κ1) is 13.4. The summed E-state index contributed by atoms with van der Waals surface area (Å²) in [7, 11) is 0. The molecule has 20 heavy (non-hydrogen) atoms. The van der Waals surface area contributed by atoms with Crippen LogP contribution in [0.1, 0.15) is 40.9 Å². The van der Waals surface area contributed by atoms with E-state index in [1.807, 2.05) is 0 Å². The summed E-state index contributed by atoms with van der Waals surface area (Å²) in [6, 6.07) is 1.74. The van der Waals surface area contributed by atoms with Crippen molar-refractivity contribution in [3.63, 3.8) is 0 Å². The maximum atomic E-state index is 11.4. The lowest BCUT2D eigenvalue weighted by molar-refractivity contribution is 0.0689. The van der Waals surface area contributed by atoms with Gasteiger partial charge < -0.3 is 14.6 Å². The van der Waals surface area contributed by atoms with Crippen LogP contribution in [-0.2, 0) is 17.6 Å². The van der Waals surface area contributed by atoms with Gasteiger partial charge in [0.15, 0.2) is 0 Å². The average Bonchev–Trinajstić information content (AvgIpc) is 2.97. The van der Waals surface area contributed by atoms with Crippen molar-refractivity contribution in [2.45, 2.75) is 32.1 Å². The van der Waals surface area contributed by atoms with Crippen LogP contribution in [0.5, 0.6) is 5.88 Å². The van der Waals surface area contributed by atoms with E-state index in [1.165, 1.54) is 0 Å². The Morgan fingerprint density at radius 2 is 2.30 bits per heavy atom. The highest BCUT2D eigenvalue weighted by Crippen LogP contribution is 2.26. The summed E-state index contributed by atoms with van der Waals surface area (Å²) in [4.78, 5) is 15.8. The molecule has 3 rings (SSSR count). The van der Waals surface area contributed by atoms with Crippen molar-refractivity contribution in [1.82, 2.24) is 4.98 Å². The number of nitrogens with zero attached hydrogens (tertiary/aromatic N) is 1. The molecule has 1 N–H and O–H groups in total. The summed E-state index contributed by atoms with van der Waals surface area (Å²) < 4.78 is 11.0. The Morgan fingerprint density at radius 1 is 1.45 bits per heavy atom. The Hall–Kier alpha value is -1.62. The van der Waals surface area contributed by atoms with E-state index in [0.717, 1.165) is 50.0 Å². The Labute approximate surface area is 117 Å². The summed E-state index contributed by atoms with van der Waals surface area (Å²) in [6.07, 6.45) is 5.01. The lowest BCUT2D eigenvalue weighted by atomic mass is 9.95. The second kappa shape index (κ2) is 5.79. The van der Waals surface area contributed by atoms with Gasteiger partial charge in [-0.25, -0.2) is 9.78 Å². The van der Waals surface area contributed by atoms with Gasteiger partial charge in [0.25, 0.3) is 0 Å². The van der Waals surface area contributed by atoms with Gasteiger partial charge >= 0.3 is 5.97 Å². The van der Waals surface area contributed by atoms with Gasteiger partial charge in [-0.3, -0.25) is 0 Å². The normalized spacial score (nSPS) is 21.5. The minimum Gasteiger partial charge on any atom is -0.477 e. The first-order valence-corrected chi connectivity index (χ1v) is 7.20. The number of aryl methyl sites for hydroxylation is 2. The standard InChI is InChI=1S/C15H19NO4/c17-15(18)12-7-11-3-1-2-4-13(11)16-14(12)20-9-10-5-6-19-8-10/h7,10H,1-6,8-9H2,(H,17,18). The van der Waals surface area contributed by atoms with Gasteiger partial charge in [-0.05, 0) is 43.7 Å². The van der Waals surface area contributed by atoms with Gasteiger partial charge in [-0.1, -0.05) is 0 Å². The molecule has 0 spiro atoms. The van der Waals surface area contributed by atoms with Crippen LogP contribution in [0.25, 0.3) is 0 Å². The van der Waals surface area contributed by atoms with E-state index in [1.54, 1.807) is 6.07 Å². The van der Waals surface area contributed by atoms with E-state index < -0.39 is 5.97 Å². The molecule has 1 unspecified atom stereocenters. The number of carboxylic acid groups (broad SMARTS) is 1. The molecule has 1 aliphatic carbocycles. The van der Waals surface area contributed by atoms with E-state index >= 15 is 0 Å². The van der Waals surface area contributed by atoms with E-state index in [9.17, 15) is 9.90 Å². The Balaban J connectivity index is 1.81. The first-order chi connectivity index (χ1) is 9.74. The molecule has 1 saturated heterocycles. The van der Waals surface area contributed by atoms with Crippen LogP contribution >= 0.6 is 0 Å². The van der Waals surface area contributed by atoms with E-state index in [2.05, 4.69) is 4.98 Å². The lowest BCUT2D eigenvalue weighted by Gasteiger charge is -2.18. The molecule has 5 nitrogen and oxygen atoms in total. The number of ether oxygens (including phenoxy) is 2. The zero-order chi connectivity index (χ0) is 13.9. The summed E-state index contributed by atoms with van der Waals surface area (Å²) in [6.45, 7) is 1.93. The molecular formula is C15H19NO4. The van der Waals surface area contributed by atoms with Gasteiger partial charge in [-0.2, -0.15) is 0 Å². The van der Waals surface area contributed by atoms with Crippen molar-refractivity contribution in [3.8, 4) is 5.88 Å². The number of aromatic carboxylic acids is 1. The summed E-state index contributed by atoms with van der Waals surface area (Å²) in [5, 5.41) is 9.31. The van der Waals surface area contributed by atoms with Crippen molar-refractivity contribution in [1.29, 1.82) is 0 Å². The fraction of sp³-hybridized carbons (Fsp3) is 0.600. The highest BCUT2D eigenvalue weighted by Gasteiger charge is 2.22. The zero-order valence-electron chi connectivity index (χ0n) is 11.4.